The fraction of sp³-hybridized carbons (Fsp3) is 0.200. The molecular weight excluding hydrogens is 338 g/mol. The predicted molar refractivity (Wildman–Crippen MR) is 96.0 cm³/mol. The van der Waals surface area contributed by atoms with Gasteiger partial charge in [-0.25, -0.2) is 4.98 Å². The Morgan fingerprint density at radius 3 is 2.88 bits per heavy atom. The van der Waals surface area contributed by atoms with Crippen molar-refractivity contribution in [3.05, 3.63) is 42.7 Å². The quantitative estimate of drug-likeness (QED) is 0.543. The Morgan fingerprint density at radius 2 is 2.08 bits per heavy atom. The van der Waals surface area contributed by atoms with Crippen molar-refractivity contribution < 1.29 is 0 Å². The first-order valence-electron chi connectivity index (χ1n) is 7.67. The Kier molecular flexibility index (Phi) is 4.17. The number of nitrogens with one attached hydrogen (secondary N) is 2. The molecule has 0 amide bonds. The topological polar surface area (TPSA) is 106 Å². The van der Waals surface area contributed by atoms with Gasteiger partial charge in [-0.2, -0.15) is 9.36 Å². The van der Waals surface area contributed by atoms with Gasteiger partial charge in [0.2, 0.25) is 5.95 Å². The summed E-state index contributed by atoms with van der Waals surface area (Å²) in [5, 5.41) is 15.0. The molecule has 0 aliphatic heterocycles. The number of pyridine rings is 1. The van der Waals surface area contributed by atoms with Gasteiger partial charge in [-0.05, 0) is 36.7 Å². The molecule has 0 saturated carbocycles. The number of aromatic nitrogens is 7. The number of nitrogens with zero attached hydrogens (tertiary/aromatic N) is 7. The first-order valence-corrected chi connectivity index (χ1v) is 8.45. The van der Waals surface area contributed by atoms with Crippen LogP contribution >= 0.6 is 11.5 Å². The maximum atomic E-state index is 4.57. The van der Waals surface area contributed by atoms with E-state index in [0.29, 0.717) is 18.3 Å². The van der Waals surface area contributed by atoms with Crippen molar-refractivity contribution in [1.29, 1.82) is 0 Å². The van der Waals surface area contributed by atoms with Gasteiger partial charge in [-0.3, -0.25) is 4.98 Å². The van der Waals surface area contributed by atoms with Gasteiger partial charge in [0.15, 0.2) is 5.82 Å². The second kappa shape index (κ2) is 6.77. The molecule has 4 heterocycles. The van der Waals surface area contributed by atoms with Crippen LogP contribution < -0.4 is 10.6 Å². The van der Waals surface area contributed by atoms with Gasteiger partial charge in [0.1, 0.15) is 23.2 Å². The number of aryl methyl sites for hydroxylation is 1. The zero-order chi connectivity index (χ0) is 17.1. The van der Waals surface area contributed by atoms with E-state index in [2.05, 4.69) is 40.2 Å². The summed E-state index contributed by atoms with van der Waals surface area (Å²) < 4.78 is 6.15. The Labute approximate surface area is 147 Å². The molecule has 25 heavy (non-hydrogen) atoms. The molecule has 126 valence electrons. The fourth-order valence-electron chi connectivity index (χ4n) is 2.32. The van der Waals surface area contributed by atoms with Crippen LogP contribution in [0.5, 0.6) is 0 Å². The van der Waals surface area contributed by atoms with Crippen molar-refractivity contribution in [2.24, 2.45) is 0 Å². The summed E-state index contributed by atoms with van der Waals surface area (Å²) in [4.78, 5) is 13.5. The number of anilines is 3. The second-order valence-electron chi connectivity index (χ2n) is 5.35. The zero-order valence-corrected chi connectivity index (χ0v) is 14.2. The third kappa shape index (κ3) is 3.53. The molecule has 4 aromatic heterocycles. The molecule has 0 bridgehead atoms. The van der Waals surface area contributed by atoms with Crippen LogP contribution in [0, 0.1) is 6.92 Å². The van der Waals surface area contributed by atoms with E-state index in [0.717, 1.165) is 28.3 Å². The highest BCUT2D eigenvalue weighted by atomic mass is 32.1. The minimum absolute atomic E-state index is 0.510. The summed E-state index contributed by atoms with van der Waals surface area (Å²) in [7, 11) is 0. The number of hydrogen-bond acceptors (Lipinski definition) is 9. The SMILES string of the molecule is Cc1cc(Nc2nc(NCCn3cnnc3)c3ncccc3n2)sn1. The van der Waals surface area contributed by atoms with E-state index < -0.39 is 0 Å². The molecule has 0 spiro atoms. The summed E-state index contributed by atoms with van der Waals surface area (Å²) in [5.74, 6) is 1.19. The minimum Gasteiger partial charge on any atom is -0.366 e. The fourth-order valence-corrected chi connectivity index (χ4v) is 2.98. The van der Waals surface area contributed by atoms with E-state index in [4.69, 9.17) is 0 Å². The smallest absolute Gasteiger partial charge is 0.230 e. The third-order valence-corrected chi connectivity index (χ3v) is 4.24. The first-order chi connectivity index (χ1) is 12.3. The lowest BCUT2D eigenvalue weighted by molar-refractivity contribution is 0.723. The maximum absolute atomic E-state index is 4.57. The average molecular weight is 353 g/mol. The lowest BCUT2D eigenvalue weighted by atomic mass is 10.3. The first kappa shape index (κ1) is 15.4. The van der Waals surface area contributed by atoms with Crippen molar-refractivity contribution in [3.63, 3.8) is 0 Å². The third-order valence-electron chi connectivity index (χ3n) is 3.45. The van der Waals surface area contributed by atoms with E-state index in [1.165, 1.54) is 11.5 Å². The molecule has 0 radical (unpaired) electrons. The Hall–Kier alpha value is -3.14. The van der Waals surface area contributed by atoms with Crippen LogP contribution in [0.1, 0.15) is 5.69 Å². The molecule has 2 N–H and O–H groups in total. The average Bonchev–Trinajstić information content (AvgIpc) is 3.27. The maximum Gasteiger partial charge on any atom is 0.230 e. The Bertz CT molecular complexity index is 980. The van der Waals surface area contributed by atoms with Crippen LogP contribution in [0.4, 0.5) is 16.8 Å². The molecule has 0 aromatic carbocycles. The van der Waals surface area contributed by atoms with Crippen LogP contribution in [0.15, 0.2) is 37.1 Å². The van der Waals surface area contributed by atoms with E-state index in [-0.39, 0.29) is 0 Å². The number of rotatable bonds is 6. The molecule has 4 aromatic rings. The summed E-state index contributed by atoms with van der Waals surface area (Å²) in [6, 6.07) is 5.73. The number of hydrogen-bond donors (Lipinski definition) is 2. The normalized spacial score (nSPS) is 10.9. The van der Waals surface area contributed by atoms with Gasteiger partial charge in [0, 0.05) is 19.3 Å². The van der Waals surface area contributed by atoms with Gasteiger partial charge in [0.05, 0.1) is 11.2 Å². The predicted octanol–water partition coefficient (Wildman–Crippen LogP) is 2.24. The van der Waals surface area contributed by atoms with Crippen molar-refractivity contribution in [1.82, 2.24) is 34.1 Å². The monoisotopic (exact) mass is 353 g/mol. The minimum atomic E-state index is 0.510. The summed E-state index contributed by atoms with van der Waals surface area (Å²) in [6.07, 6.45) is 5.09. The van der Waals surface area contributed by atoms with Gasteiger partial charge in [0.25, 0.3) is 0 Å². The van der Waals surface area contributed by atoms with Gasteiger partial charge < -0.3 is 15.2 Å². The van der Waals surface area contributed by atoms with Gasteiger partial charge in [-0.1, -0.05) is 0 Å². The molecule has 4 rings (SSSR count). The van der Waals surface area contributed by atoms with Crippen LogP contribution in [-0.4, -0.2) is 40.6 Å². The van der Waals surface area contributed by atoms with Crippen LogP contribution in [0.2, 0.25) is 0 Å². The molecule has 10 heteroatoms. The number of fused-ring (bicyclic) bond motifs is 1. The standard InChI is InChI=1S/C15H15N9S/c1-10-7-12(25-23-10)21-15-20-11-3-2-4-16-13(11)14(22-15)17-5-6-24-8-18-19-9-24/h2-4,7-9H,5-6H2,1H3,(H2,17,20,21,22). The van der Waals surface area contributed by atoms with Crippen molar-refractivity contribution in [2.45, 2.75) is 13.5 Å². The van der Waals surface area contributed by atoms with Gasteiger partial charge in [-0.15, -0.1) is 10.2 Å². The lowest BCUT2D eigenvalue weighted by Crippen LogP contribution is -2.12. The van der Waals surface area contributed by atoms with Gasteiger partial charge >= 0.3 is 0 Å². The summed E-state index contributed by atoms with van der Waals surface area (Å²) in [6.45, 7) is 3.34. The zero-order valence-electron chi connectivity index (χ0n) is 13.4. The van der Waals surface area contributed by atoms with E-state index >= 15 is 0 Å². The van der Waals surface area contributed by atoms with E-state index in [9.17, 15) is 0 Å². The van der Waals surface area contributed by atoms with Crippen molar-refractivity contribution >= 4 is 39.3 Å². The van der Waals surface area contributed by atoms with Crippen LogP contribution in [0.25, 0.3) is 11.0 Å². The molecule has 9 nitrogen and oxygen atoms in total. The molecular formula is C15H15N9S. The molecule has 0 unspecified atom stereocenters. The summed E-state index contributed by atoms with van der Waals surface area (Å²) >= 11 is 1.38. The van der Waals surface area contributed by atoms with E-state index in [1.807, 2.05) is 29.7 Å². The highest BCUT2D eigenvalue weighted by Crippen LogP contribution is 2.23. The molecule has 0 fully saturated rings. The van der Waals surface area contributed by atoms with E-state index in [1.54, 1.807) is 18.9 Å². The lowest BCUT2D eigenvalue weighted by Gasteiger charge is -2.10. The van der Waals surface area contributed by atoms with Crippen LogP contribution in [0.3, 0.4) is 0 Å². The molecule has 0 atom stereocenters. The van der Waals surface area contributed by atoms with Crippen molar-refractivity contribution in [2.75, 3.05) is 17.2 Å². The second-order valence-corrected chi connectivity index (χ2v) is 6.16. The Morgan fingerprint density at radius 1 is 1.20 bits per heavy atom. The molecule has 0 saturated heterocycles. The highest BCUT2D eigenvalue weighted by Gasteiger charge is 2.10. The molecule has 0 aliphatic rings. The Balaban J connectivity index is 1.59. The summed E-state index contributed by atoms with van der Waals surface area (Å²) in [5.41, 5.74) is 2.47. The molecule has 0 aliphatic carbocycles. The highest BCUT2D eigenvalue weighted by molar-refractivity contribution is 7.10. The largest absolute Gasteiger partial charge is 0.366 e. The van der Waals surface area contributed by atoms with Crippen molar-refractivity contribution in [3.8, 4) is 0 Å². The van der Waals surface area contributed by atoms with Crippen LogP contribution in [-0.2, 0) is 6.54 Å².